The van der Waals surface area contributed by atoms with E-state index in [-0.39, 0.29) is 24.0 Å². The predicted molar refractivity (Wildman–Crippen MR) is 149 cm³/mol. The summed E-state index contributed by atoms with van der Waals surface area (Å²) in [6, 6.07) is 9.05. The lowest BCUT2D eigenvalue weighted by molar-refractivity contribution is 0.105. The van der Waals surface area contributed by atoms with Gasteiger partial charge >= 0.3 is 0 Å². The van der Waals surface area contributed by atoms with Crippen LogP contribution in [-0.2, 0) is 17.8 Å². The maximum Gasteiger partial charge on any atom is 0.191 e. The van der Waals surface area contributed by atoms with Gasteiger partial charge in [-0.15, -0.1) is 24.0 Å². The van der Waals surface area contributed by atoms with Crippen molar-refractivity contribution >= 4 is 29.9 Å². The van der Waals surface area contributed by atoms with E-state index in [0.29, 0.717) is 5.41 Å². The number of benzene rings is 1. The highest BCUT2D eigenvalue weighted by Crippen LogP contribution is 2.40. The molecule has 1 aliphatic carbocycles. The van der Waals surface area contributed by atoms with Crippen LogP contribution in [0.15, 0.2) is 29.3 Å². The Labute approximate surface area is 218 Å². The number of rotatable bonds is 11. The second-order valence-electron chi connectivity index (χ2n) is 9.46. The van der Waals surface area contributed by atoms with Crippen LogP contribution < -0.4 is 10.6 Å². The van der Waals surface area contributed by atoms with Gasteiger partial charge in [0.15, 0.2) is 5.96 Å². The smallest absolute Gasteiger partial charge is 0.191 e. The van der Waals surface area contributed by atoms with Gasteiger partial charge in [-0.05, 0) is 49.3 Å². The third-order valence-corrected chi connectivity index (χ3v) is 7.30. The Hall–Kier alpha value is -0.900. The van der Waals surface area contributed by atoms with E-state index in [1.807, 2.05) is 7.05 Å². The molecule has 1 saturated carbocycles. The van der Waals surface area contributed by atoms with Gasteiger partial charge < -0.3 is 20.3 Å². The van der Waals surface area contributed by atoms with Gasteiger partial charge in [-0.25, -0.2) is 0 Å². The Kier molecular flexibility index (Phi) is 13.0. The summed E-state index contributed by atoms with van der Waals surface area (Å²) >= 11 is 0. The van der Waals surface area contributed by atoms with E-state index in [4.69, 9.17) is 4.74 Å². The number of aliphatic imine (C=N–C) groups is 1. The second-order valence-corrected chi connectivity index (χ2v) is 9.46. The summed E-state index contributed by atoms with van der Waals surface area (Å²) in [5.41, 5.74) is 3.05. The molecule has 2 N–H and O–H groups in total. The quantitative estimate of drug-likeness (QED) is 0.181. The van der Waals surface area contributed by atoms with Crippen molar-refractivity contribution < 1.29 is 4.74 Å². The zero-order valence-corrected chi connectivity index (χ0v) is 23.4. The van der Waals surface area contributed by atoms with Gasteiger partial charge in [0.05, 0.1) is 0 Å². The second kappa shape index (κ2) is 15.2. The average molecular weight is 572 g/mol. The first-order valence-corrected chi connectivity index (χ1v) is 12.7. The molecular weight excluding hydrogens is 525 g/mol. The van der Waals surface area contributed by atoms with Crippen LogP contribution >= 0.6 is 24.0 Å². The Morgan fingerprint density at radius 1 is 0.970 bits per heavy atom. The Morgan fingerprint density at radius 2 is 1.61 bits per heavy atom. The van der Waals surface area contributed by atoms with Crippen molar-refractivity contribution in [3.8, 4) is 0 Å². The topological polar surface area (TPSA) is 52.1 Å². The Morgan fingerprint density at radius 3 is 2.21 bits per heavy atom. The molecule has 1 heterocycles. The van der Waals surface area contributed by atoms with Crippen LogP contribution in [0.25, 0.3) is 0 Å². The molecule has 2 aliphatic rings. The number of guanidine groups is 1. The SMILES string of the molecule is CCOCCC1(CNC(=NC)NCc2ccc(CN3CCN(CC)CC3)cc2)CCCC1.I. The molecule has 3 rings (SSSR count). The fourth-order valence-electron chi connectivity index (χ4n) is 5.04. The summed E-state index contributed by atoms with van der Waals surface area (Å²) in [6.45, 7) is 14.7. The number of ether oxygens (including phenoxy) is 1. The first-order chi connectivity index (χ1) is 15.7. The highest BCUT2D eigenvalue weighted by atomic mass is 127. The molecule has 188 valence electrons. The number of piperazine rings is 1. The molecule has 1 aromatic rings. The first kappa shape index (κ1) is 28.3. The van der Waals surface area contributed by atoms with Crippen molar-refractivity contribution in [1.82, 2.24) is 20.4 Å². The standard InChI is InChI=1S/C26H45N5O.HI/c1-4-30-15-17-31(18-16-30)21-24-10-8-23(9-11-24)20-28-25(27-3)29-22-26(12-6-7-13-26)14-19-32-5-2;/h8-11H,4-7,12-22H2,1-3H3,(H2,27,28,29);1H. The maximum atomic E-state index is 5.65. The number of hydrogen-bond acceptors (Lipinski definition) is 4. The van der Waals surface area contributed by atoms with E-state index >= 15 is 0 Å². The van der Waals surface area contributed by atoms with E-state index in [2.05, 4.69) is 63.5 Å². The van der Waals surface area contributed by atoms with Crippen molar-refractivity contribution in [2.75, 3.05) is 59.5 Å². The van der Waals surface area contributed by atoms with Crippen LogP contribution in [0.5, 0.6) is 0 Å². The summed E-state index contributed by atoms with van der Waals surface area (Å²) in [7, 11) is 1.86. The average Bonchev–Trinajstić information content (AvgIpc) is 3.30. The molecule has 2 fully saturated rings. The number of likely N-dealkylation sites (N-methyl/N-ethyl adjacent to an activating group) is 1. The van der Waals surface area contributed by atoms with Crippen LogP contribution in [0.3, 0.4) is 0 Å². The van der Waals surface area contributed by atoms with Gasteiger partial charge in [-0.1, -0.05) is 44.0 Å². The Bertz CT molecular complexity index is 682. The predicted octanol–water partition coefficient (Wildman–Crippen LogP) is 4.09. The molecule has 7 heteroatoms. The normalized spacial score (nSPS) is 19.3. The molecule has 6 nitrogen and oxygen atoms in total. The molecule has 0 aromatic heterocycles. The summed E-state index contributed by atoms with van der Waals surface area (Å²) in [6.07, 6.45) is 6.39. The van der Waals surface area contributed by atoms with E-state index in [1.54, 1.807) is 0 Å². The minimum absolute atomic E-state index is 0. The first-order valence-electron chi connectivity index (χ1n) is 12.7. The third kappa shape index (κ3) is 9.34. The summed E-state index contributed by atoms with van der Waals surface area (Å²) in [5, 5.41) is 7.09. The van der Waals surface area contributed by atoms with E-state index in [9.17, 15) is 0 Å². The van der Waals surface area contributed by atoms with Crippen molar-refractivity contribution in [2.45, 2.75) is 59.0 Å². The molecule has 0 radical (unpaired) electrons. The third-order valence-electron chi connectivity index (χ3n) is 7.30. The largest absolute Gasteiger partial charge is 0.382 e. The molecule has 0 bridgehead atoms. The zero-order valence-electron chi connectivity index (χ0n) is 21.1. The number of nitrogens with zero attached hydrogens (tertiary/aromatic N) is 3. The molecule has 33 heavy (non-hydrogen) atoms. The van der Waals surface area contributed by atoms with Crippen molar-refractivity contribution in [3.05, 3.63) is 35.4 Å². The van der Waals surface area contributed by atoms with Crippen LogP contribution in [-0.4, -0.2) is 75.3 Å². The maximum absolute atomic E-state index is 5.65. The van der Waals surface area contributed by atoms with Crippen LogP contribution in [0.1, 0.15) is 57.1 Å². The van der Waals surface area contributed by atoms with Crippen molar-refractivity contribution in [3.63, 3.8) is 0 Å². The van der Waals surface area contributed by atoms with Gasteiger partial charge in [0, 0.05) is 66.1 Å². The van der Waals surface area contributed by atoms with Gasteiger partial charge in [-0.2, -0.15) is 0 Å². The van der Waals surface area contributed by atoms with E-state index < -0.39 is 0 Å². The fraction of sp³-hybridized carbons (Fsp3) is 0.731. The highest BCUT2D eigenvalue weighted by molar-refractivity contribution is 14.0. The van der Waals surface area contributed by atoms with Gasteiger partial charge in [0.25, 0.3) is 0 Å². The van der Waals surface area contributed by atoms with Crippen LogP contribution in [0, 0.1) is 5.41 Å². The van der Waals surface area contributed by atoms with Crippen LogP contribution in [0.2, 0.25) is 0 Å². The van der Waals surface area contributed by atoms with E-state index in [1.165, 1.54) is 69.5 Å². The van der Waals surface area contributed by atoms with Crippen LogP contribution in [0.4, 0.5) is 0 Å². The lowest BCUT2D eigenvalue weighted by atomic mass is 9.83. The van der Waals surface area contributed by atoms with Gasteiger partial charge in [0.1, 0.15) is 0 Å². The van der Waals surface area contributed by atoms with Crippen molar-refractivity contribution in [1.29, 1.82) is 0 Å². The molecule has 1 saturated heterocycles. The summed E-state index contributed by atoms with van der Waals surface area (Å²) in [4.78, 5) is 9.54. The highest BCUT2D eigenvalue weighted by Gasteiger charge is 2.33. The lowest BCUT2D eigenvalue weighted by Gasteiger charge is -2.34. The molecule has 0 amide bonds. The summed E-state index contributed by atoms with van der Waals surface area (Å²) < 4.78 is 5.65. The van der Waals surface area contributed by atoms with E-state index in [0.717, 1.165) is 45.2 Å². The van der Waals surface area contributed by atoms with Crippen molar-refractivity contribution in [2.24, 2.45) is 10.4 Å². The fourth-order valence-corrected chi connectivity index (χ4v) is 5.04. The molecule has 1 aliphatic heterocycles. The monoisotopic (exact) mass is 571 g/mol. The lowest BCUT2D eigenvalue weighted by Crippen LogP contribution is -2.45. The Balaban J connectivity index is 0.00000385. The molecule has 1 aromatic carbocycles. The van der Waals surface area contributed by atoms with Gasteiger partial charge in [0.2, 0.25) is 0 Å². The number of hydrogen-bond donors (Lipinski definition) is 2. The number of halogens is 1. The minimum atomic E-state index is 0. The number of nitrogens with one attached hydrogen (secondary N) is 2. The zero-order chi connectivity index (χ0) is 22.7. The molecule has 0 unspecified atom stereocenters. The molecule has 0 atom stereocenters. The molecular formula is C26H46IN5O. The summed E-state index contributed by atoms with van der Waals surface area (Å²) in [5.74, 6) is 0.894. The molecule has 0 spiro atoms. The minimum Gasteiger partial charge on any atom is -0.382 e. The van der Waals surface area contributed by atoms with Gasteiger partial charge in [-0.3, -0.25) is 9.89 Å².